The molecule has 0 unspecified atom stereocenters. The summed E-state index contributed by atoms with van der Waals surface area (Å²) in [7, 11) is -1.15. The van der Waals surface area contributed by atoms with E-state index in [-0.39, 0.29) is 5.56 Å². The molecule has 0 atom stereocenters. The quantitative estimate of drug-likeness (QED) is 0.491. The van der Waals surface area contributed by atoms with Gasteiger partial charge in [0, 0.05) is 6.04 Å². The predicted octanol–water partition coefficient (Wildman–Crippen LogP) is 3.70. The molecule has 1 aromatic carbocycles. The maximum absolute atomic E-state index is 12.7. The maximum Gasteiger partial charge on any atom is 0.262 e. The van der Waals surface area contributed by atoms with Crippen molar-refractivity contribution in [3.05, 3.63) is 34.6 Å². The summed E-state index contributed by atoms with van der Waals surface area (Å²) in [5.41, 5.74) is 0.962. The maximum atomic E-state index is 12.7. The SMILES string of the molecule is C[Si](C)(C)CSc1nc2ccccc2c(=O)n1C1CC1. The van der Waals surface area contributed by atoms with Crippen molar-refractivity contribution in [1.82, 2.24) is 9.55 Å². The van der Waals surface area contributed by atoms with E-state index in [1.807, 2.05) is 28.8 Å². The van der Waals surface area contributed by atoms with Crippen LogP contribution in [0.5, 0.6) is 0 Å². The Hall–Kier alpha value is -1.07. The Kier molecular flexibility index (Phi) is 3.50. The van der Waals surface area contributed by atoms with Crippen molar-refractivity contribution < 1.29 is 0 Å². The van der Waals surface area contributed by atoms with Crippen LogP contribution in [0, 0.1) is 0 Å². The number of benzene rings is 1. The van der Waals surface area contributed by atoms with E-state index in [4.69, 9.17) is 4.98 Å². The van der Waals surface area contributed by atoms with Gasteiger partial charge in [0.1, 0.15) is 0 Å². The lowest BCUT2D eigenvalue weighted by Crippen LogP contribution is -2.27. The first kappa shape index (κ1) is 13.9. The Balaban J connectivity index is 2.09. The van der Waals surface area contributed by atoms with Gasteiger partial charge in [0.2, 0.25) is 0 Å². The zero-order valence-electron chi connectivity index (χ0n) is 12.2. The topological polar surface area (TPSA) is 34.9 Å². The van der Waals surface area contributed by atoms with E-state index in [1.54, 1.807) is 11.8 Å². The fraction of sp³-hybridized carbons (Fsp3) is 0.467. The molecule has 1 aliphatic rings. The molecule has 0 amide bonds. The molecule has 1 aromatic heterocycles. The molecule has 1 heterocycles. The van der Waals surface area contributed by atoms with Gasteiger partial charge < -0.3 is 0 Å². The normalized spacial score (nSPS) is 15.8. The Morgan fingerprint density at radius 2 is 2.00 bits per heavy atom. The molecule has 20 heavy (non-hydrogen) atoms. The van der Waals surface area contributed by atoms with E-state index in [0.29, 0.717) is 6.04 Å². The van der Waals surface area contributed by atoms with E-state index in [9.17, 15) is 4.79 Å². The lowest BCUT2D eigenvalue weighted by Gasteiger charge is -2.17. The van der Waals surface area contributed by atoms with Gasteiger partial charge in [-0.2, -0.15) is 0 Å². The van der Waals surface area contributed by atoms with Gasteiger partial charge in [-0.15, -0.1) is 0 Å². The summed E-state index contributed by atoms with van der Waals surface area (Å²) in [5.74, 6) is 0. The smallest absolute Gasteiger partial charge is 0.262 e. The molecule has 0 saturated heterocycles. The van der Waals surface area contributed by atoms with Crippen molar-refractivity contribution >= 4 is 30.7 Å². The largest absolute Gasteiger partial charge is 0.284 e. The molecular weight excluding hydrogens is 284 g/mol. The monoisotopic (exact) mass is 304 g/mol. The van der Waals surface area contributed by atoms with Gasteiger partial charge in [-0.3, -0.25) is 9.36 Å². The first-order valence-corrected chi connectivity index (χ1v) is 11.8. The molecule has 1 aliphatic carbocycles. The molecule has 3 nitrogen and oxygen atoms in total. The van der Waals surface area contributed by atoms with Crippen LogP contribution >= 0.6 is 11.8 Å². The zero-order valence-corrected chi connectivity index (χ0v) is 14.0. The third-order valence-corrected chi connectivity index (χ3v) is 7.91. The molecule has 0 N–H and O–H groups in total. The summed E-state index contributed by atoms with van der Waals surface area (Å²) in [6.07, 6.45) is 2.22. The van der Waals surface area contributed by atoms with Gasteiger partial charge in [0.15, 0.2) is 5.16 Å². The van der Waals surface area contributed by atoms with E-state index in [0.717, 1.165) is 34.3 Å². The number of aromatic nitrogens is 2. The van der Waals surface area contributed by atoms with Crippen LogP contribution in [0.1, 0.15) is 18.9 Å². The van der Waals surface area contributed by atoms with Crippen molar-refractivity contribution in [2.45, 2.75) is 43.7 Å². The highest BCUT2D eigenvalue weighted by Crippen LogP contribution is 2.37. The van der Waals surface area contributed by atoms with Crippen molar-refractivity contribution in [2.75, 3.05) is 5.38 Å². The van der Waals surface area contributed by atoms with Crippen molar-refractivity contribution in [3.63, 3.8) is 0 Å². The van der Waals surface area contributed by atoms with Crippen LogP contribution in [0.3, 0.4) is 0 Å². The number of fused-ring (bicyclic) bond motifs is 1. The minimum absolute atomic E-state index is 0.135. The van der Waals surface area contributed by atoms with E-state index >= 15 is 0 Å². The molecule has 2 aromatic rings. The average Bonchev–Trinajstić information content (AvgIpc) is 3.20. The number of nitrogens with zero attached hydrogens (tertiary/aromatic N) is 2. The number of hydrogen-bond acceptors (Lipinski definition) is 3. The predicted molar refractivity (Wildman–Crippen MR) is 88.3 cm³/mol. The Bertz CT molecular complexity index is 701. The molecule has 5 heteroatoms. The van der Waals surface area contributed by atoms with Gasteiger partial charge in [0.05, 0.1) is 19.0 Å². The standard InChI is InChI=1S/C15H20N2OSSi/c1-20(2,3)10-19-15-16-13-7-5-4-6-12(13)14(18)17(15)11-8-9-11/h4-7,11H,8-10H2,1-3H3. The van der Waals surface area contributed by atoms with Gasteiger partial charge in [0.25, 0.3) is 5.56 Å². The van der Waals surface area contributed by atoms with Crippen LogP contribution in [-0.2, 0) is 0 Å². The Morgan fingerprint density at radius 1 is 1.30 bits per heavy atom. The molecule has 0 radical (unpaired) electrons. The molecule has 1 fully saturated rings. The van der Waals surface area contributed by atoms with Crippen LogP contribution < -0.4 is 5.56 Å². The fourth-order valence-electron chi connectivity index (χ4n) is 2.16. The molecule has 0 aliphatic heterocycles. The van der Waals surface area contributed by atoms with Crippen LogP contribution in [0.2, 0.25) is 19.6 Å². The van der Waals surface area contributed by atoms with Gasteiger partial charge in [-0.05, 0) is 30.4 Å². The third-order valence-electron chi connectivity index (χ3n) is 3.32. The molecule has 3 rings (SSSR count). The van der Waals surface area contributed by atoms with E-state index in [1.165, 1.54) is 0 Å². The summed E-state index contributed by atoms with van der Waals surface area (Å²) < 4.78 is 1.94. The number of thioether (sulfide) groups is 1. The number of para-hydroxylation sites is 1. The highest BCUT2D eigenvalue weighted by Gasteiger charge is 2.29. The fourth-order valence-corrected chi connectivity index (χ4v) is 4.95. The highest BCUT2D eigenvalue weighted by atomic mass is 32.2. The van der Waals surface area contributed by atoms with Crippen molar-refractivity contribution in [1.29, 1.82) is 0 Å². The summed E-state index contributed by atoms with van der Waals surface area (Å²) in [6.45, 7) is 7.04. The Labute approximate surface area is 124 Å². The van der Waals surface area contributed by atoms with E-state index in [2.05, 4.69) is 19.6 Å². The number of hydrogen-bond donors (Lipinski definition) is 0. The van der Waals surface area contributed by atoms with Crippen LogP contribution in [0.15, 0.2) is 34.2 Å². The van der Waals surface area contributed by atoms with E-state index < -0.39 is 8.07 Å². The second-order valence-corrected chi connectivity index (χ2v) is 13.6. The van der Waals surface area contributed by atoms with Crippen LogP contribution in [0.25, 0.3) is 10.9 Å². The molecule has 106 valence electrons. The summed E-state index contributed by atoms with van der Waals surface area (Å²) >= 11 is 1.76. The van der Waals surface area contributed by atoms with Gasteiger partial charge >= 0.3 is 0 Å². The number of rotatable bonds is 4. The third kappa shape index (κ3) is 2.83. The van der Waals surface area contributed by atoms with Crippen molar-refractivity contribution in [2.24, 2.45) is 0 Å². The molecule has 0 bridgehead atoms. The second-order valence-electron chi connectivity index (χ2n) is 6.67. The van der Waals surface area contributed by atoms with Gasteiger partial charge in [-0.1, -0.05) is 43.5 Å². The highest BCUT2D eigenvalue weighted by molar-refractivity contribution is 8.00. The van der Waals surface area contributed by atoms with Crippen molar-refractivity contribution in [3.8, 4) is 0 Å². The average molecular weight is 304 g/mol. The zero-order chi connectivity index (χ0) is 14.3. The van der Waals surface area contributed by atoms with Crippen LogP contribution in [-0.4, -0.2) is 23.0 Å². The second kappa shape index (κ2) is 5.04. The summed E-state index contributed by atoms with van der Waals surface area (Å²) in [6, 6.07) is 8.06. The minimum Gasteiger partial charge on any atom is -0.284 e. The first-order chi connectivity index (χ1) is 9.46. The lowest BCUT2D eigenvalue weighted by atomic mass is 10.2. The van der Waals surface area contributed by atoms with Crippen LogP contribution in [0.4, 0.5) is 0 Å². The summed E-state index contributed by atoms with van der Waals surface area (Å²) in [4.78, 5) is 17.4. The molecular formula is C15H20N2OSSi. The lowest BCUT2D eigenvalue weighted by molar-refractivity contribution is 0.618. The minimum atomic E-state index is -1.15. The molecule has 1 saturated carbocycles. The van der Waals surface area contributed by atoms with Gasteiger partial charge in [-0.25, -0.2) is 4.98 Å². The molecule has 0 spiro atoms. The Morgan fingerprint density at radius 3 is 2.65 bits per heavy atom. The first-order valence-electron chi connectivity index (χ1n) is 7.10. The summed E-state index contributed by atoms with van der Waals surface area (Å²) in [5, 5.41) is 2.76.